The van der Waals surface area contributed by atoms with E-state index in [2.05, 4.69) is 5.32 Å². The molecule has 2 aromatic carbocycles. The van der Waals surface area contributed by atoms with Crippen molar-refractivity contribution in [1.29, 1.82) is 0 Å². The maximum Gasteiger partial charge on any atom is 0.220 e. The highest BCUT2D eigenvalue weighted by Gasteiger charge is 2.20. The van der Waals surface area contributed by atoms with E-state index >= 15 is 0 Å². The fraction of sp³-hybridized carbons (Fsp3) is 0.316. The van der Waals surface area contributed by atoms with Crippen LogP contribution < -0.4 is 14.8 Å². The molecule has 1 amide bonds. The number of hydrogen-bond acceptors (Lipinski definition) is 3. The molecule has 1 aliphatic rings. The minimum Gasteiger partial charge on any atom is -0.494 e. The molecule has 0 aromatic heterocycles. The third-order valence-corrected chi connectivity index (χ3v) is 3.80. The zero-order valence-corrected chi connectivity index (χ0v) is 13.0. The van der Waals surface area contributed by atoms with Gasteiger partial charge in [-0.2, -0.15) is 0 Å². The Kier molecular flexibility index (Phi) is 5.14. The highest BCUT2D eigenvalue weighted by atomic mass is 16.5. The van der Waals surface area contributed by atoms with E-state index in [-0.39, 0.29) is 11.9 Å². The Hall–Kier alpha value is -2.49. The van der Waals surface area contributed by atoms with Crippen molar-refractivity contribution in [3.8, 4) is 11.5 Å². The highest BCUT2D eigenvalue weighted by Crippen LogP contribution is 2.23. The van der Waals surface area contributed by atoms with Crippen molar-refractivity contribution in [2.75, 3.05) is 13.2 Å². The molecular formula is C19H21NO3. The maximum absolute atomic E-state index is 12.0. The molecule has 0 fully saturated rings. The van der Waals surface area contributed by atoms with Gasteiger partial charge in [0.25, 0.3) is 0 Å². The van der Waals surface area contributed by atoms with Crippen LogP contribution in [-0.4, -0.2) is 25.2 Å². The van der Waals surface area contributed by atoms with E-state index in [9.17, 15) is 4.79 Å². The van der Waals surface area contributed by atoms with E-state index in [1.807, 2.05) is 54.6 Å². The Bertz CT molecular complexity index is 642. The molecule has 2 aromatic rings. The molecule has 0 spiro atoms. The fourth-order valence-corrected chi connectivity index (χ4v) is 2.66. The van der Waals surface area contributed by atoms with Gasteiger partial charge in [0.1, 0.15) is 18.1 Å². The van der Waals surface area contributed by atoms with Crippen molar-refractivity contribution >= 4 is 5.91 Å². The van der Waals surface area contributed by atoms with Crippen LogP contribution in [0.1, 0.15) is 18.4 Å². The summed E-state index contributed by atoms with van der Waals surface area (Å²) < 4.78 is 11.3. The second kappa shape index (κ2) is 7.68. The smallest absolute Gasteiger partial charge is 0.220 e. The predicted molar refractivity (Wildman–Crippen MR) is 88.7 cm³/mol. The Morgan fingerprint density at radius 3 is 2.78 bits per heavy atom. The summed E-state index contributed by atoms with van der Waals surface area (Å²) >= 11 is 0. The SMILES string of the molecule is O=C(CCCOc1ccccc1)NC1COc2ccccc2C1. The molecule has 0 saturated carbocycles. The van der Waals surface area contributed by atoms with Crippen LogP contribution in [0, 0.1) is 0 Å². The summed E-state index contributed by atoms with van der Waals surface area (Å²) in [5.41, 5.74) is 1.15. The van der Waals surface area contributed by atoms with Gasteiger partial charge in [-0.25, -0.2) is 0 Å². The summed E-state index contributed by atoms with van der Waals surface area (Å²) in [6.45, 7) is 1.07. The molecule has 0 radical (unpaired) electrons. The summed E-state index contributed by atoms with van der Waals surface area (Å²) in [7, 11) is 0. The third kappa shape index (κ3) is 4.49. The minimum atomic E-state index is 0.0486. The topological polar surface area (TPSA) is 47.6 Å². The summed E-state index contributed by atoms with van der Waals surface area (Å²) in [5.74, 6) is 1.81. The number of rotatable bonds is 6. The predicted octanol–water partition coefficient (Wildman–Crippen LogP) is 2.97. The number of benzene rings is 2. The molecule has 120 valence electrons. The number of nitrogens with one attached hydrogen (secondary N) is 1. The van der Waals surface area contributed by atoms with Crippen LogP contribution >= 0.6 is 0 Å². The minimum absolute atomic E-state index is 0.0486. The first-order valence-corrected chi connectivity index (χ1v) is 7.99. The van der Waals surface area contributed by atoms with Crippen molar-refractivity contribution in [2.24, 2.45) is 0 Å². The molecule has 1 heterocycles. The van der Waals surface area contributed by atoms with E-state index < -0.39 is 0 Å². The van der Waals surface area contributed by atoms with Gasteiger partial charge in [0.05, 0.1) is 12.6 Å². The zero-order chi connectivity index (χ0) is 15.9. The quantitative estimate of drug-likeness (QED) is 0.834. The lowest BCUT2D eigenvalue weighted by Crippen LogP contribution is -2.42. The Morgan fingerprint density at radius 2 is 1.91 bits per heavy atom. The summed E-state index contributed by atoms with van der Waals surface area (Å²) in [4.78, 5) is 12.0. The number of amides is 1. The first-order valence-electron chi connectivity index (χ1n) is 7.99. The largest absolute Gasteiger partial charge is 0.494 e. The monoisotopic (exact) mass is 311 g/mol. The molecule has 1 aliphatic heterocycles. The lowest BCUT2D eigenvalue weighted by molar-refractivity contribution is -0.122. The molecule has 0 saturated heterocycles. The number of carbonyl (C=O) groups is 1. The molecule has 1 atom stereocenters. The number of fused-ring (bicyclic) bond motifs is 1. The van der Waals surface area contributed by atoms with Gasteiger partial charge in [0.2, 0.25) is 5.91 Å². The van der Waals surface area contributed by atoms with Gasteiger partial charge in [-0.3, -0.25) is 4.79 Å². The molecule has 23 heavy (non-hydrogen) atoms. The number of hydrogen-bond donors (Lipinski definition) is 1. The van der Waals surface area contributed by atoms with E-state index in [1.54, 1.807) is 0 Å². The van der Waals surface area contributed by atoms with E-state index in [4.69, 9.17) is 9.47 Å². The van der Waals surface area contributed by atoms with Gasteiger partial charge < -0.3 is 14.8 Å². The van der Waals surface area contributed by atoms with Gasteiger partial charge in [-0.05, 0) is 36.6 Å². The maximum atomic E-state index is 12.0. The first kappa shape index (κ1) is 15.4. The first-order chi connectivity index (χ1) is 11.3. The van der Waals surface area contributed by atoms with Crippen molar-refractivity contribution < 1.29 is 14.3 Å². The normalized spacial score (nSPS) is 16.1. The number of para-hydroxylation sites is 2. The van der Waals surface area contributed by atoms with Crippen LogP contribution in [0.4, 0.5) is 0 Å². The van der Waals surface area contributed by atoms with Gasteiger partial charge >= 0.3 is 0 Å². The van der Waals surface area contributed by atoms with E-state index in [1.165, 1.54) is 0 Å². The Balaban J connectivity index is 1.37. The van der Waals surface area contributed by atoms with Crippen LogP contribution in [0.25, 0.3) is 0 Å². The van der Waals surface area contributed by atoms with Gasteiger partial charge in [0.15, 0.2) is 0 Å². The van der Waals surface area contributed by atoms with Crippen LogP contribution in [0.2, 0.25) is 0 Å². The summed E-state index contributed by atoms with van der Waals surface area (Å²) in [6.07, 6.45) is 1.98. The number of carbonyl (C=O) groups excluding carboxylic acids is 1. The molecule has 4 heteroatoms. The lowest BCUT2D eigenvalue weighted by Gasteiger charge is -2.26. The van der Waals surface area contributed by atoms with Crippen molar-refractivity contribution in [3.05, 3.63) is 60.2 Å². The van der Waals surface area contributed by atoms with Crippen molar-refractivity contribution in [1.82, 2.24) is 5.32 Å². The Labute approximate surface area is 136 Å². The lowest BCUT2D eigenvalue weighted by atomic mass is 10.0. The van der Waals surface area contributed by atoms with Crippen LogP contribution in [0.5, 0.6) is 11.5 Å². The van der Waals surface area contributed by atoms with Crippen LogP contribution in [0.3, 0.4) is 0 Å². The zero-order valence-electron chi connectivity index (χ0n) is 13.0. The van der Waals surface area contributed by atoms with Crippen molar-refractivity contribution in [2.45, 2.75) is 25.3 Å². The second-order valence-corrected chi connectivity index (χ2v) is 5.65. The van der Waals surface area contributed by atoms with E-state index in [0.717, 1.165) is 23.5 Å². The third-order valence-electron chi connectivity index (χ3n) is 3.80. The van der Waals surface area contributed by atoms with Gasteiger partial charge in [-0.15, -0.1) is 0 Å². The van der Waals surface area contributed by atoms with Crippen molar-refractivity contribution in [3.63, 3.8) is 0 Å². The van der Waals surface area contributed by atoms with Gasteiger partial charge in [-0.1, -0.05) is 36.4 Å². The average Bonchev–Trinajstić information content (AvgIpc) is 2.59. The standard InChI is InChI=1S/C19H21NO3/c21-19(11-6-12-22-17-8-2-1-3-9-17)20-16-13-15-7-4-5-10-18(15)23-14-16/h1-5,7-10,16H,6,11-14H2,(H,20,21). The van der Waals surface area contributed by atoms with Crippen LogP contribution in [-0.2, 0) is 11.2 Å². The Morgan fingerprint density at radius 1 is 1.13 bits per heavy atom. The molecule has 1 unspecified atom stereocenters. The average molecular weight is 311 g/mol. The molecule has 0 aliphatic carbocycles. The number of ether oxygens (including phenoxy) is 2. The van der Waals surface area contributed by atoms with Crippen LogP contribution in [0.15, 0.2) is 54.6 Å². The molecule has 1 N–H and O–H groups in total. The summed E-state index contributed by atoms with van der Waals surface area (Å²) in [5, 5.41) is 3.04. The fourth-order valence-electron chi connectivity index (χ4n) is 2.66. The van der Waals surface area contributed by atoms with E-state index in [0.29, 0.717) is 26.1 Å². The molecule has 0 bridgehead atoms. The second-order valence-electron chi connectivity index (χ2n) is 5.65. The highest BCUT2D eigenvalue weighted by molar-refractivity contribution is 5.76. The van der Waals surface area contributed by atoms with Gasteiger partial charge in [0, 0.05) is 6.42 Å². The molecule has 4 nitrogen and oxygen atoms in total. The molecular weight excluding hydrogens is 290 g/mol. The molecule has 3 rings (SSSR count). The summed E-state index contributed by atoms with van der Waals surface area (Å²) in [6, 6.07) is 17.7.